The van der Waals surface area contributed by atoms with Crippen molar-refractivity contribution < 1.29 is 15.1 Å². The summed E-state index contributed by atoms with van der Waals surface area (Å²) in [6.45, 7) is 0. The van der Waals surface area contributed by atoms with Crippen LogP contribution < -0.4 is 0 Å². The summed E-state index contributed by atoms with van der Waals surface area (Å²) in [5.74, 6) is 0. The van der Waals surface area contributed by atoms with Crippen LogP contribution in [0.3, 0.4) is 0 Å². The molecule has 0 saturated carbocycles. The zero-order valence-electron chi connectivity index (χ0n) is 36.9. The van der Waals surface area contributed by atoms with Gasteiger partial charge < -0.3 is 0 Å². The third-order valence-corrected chi connectivity index (χ3v) is 10.3. The molecule has 0 amide bonds. The Morgan fingerprint density at radius 2 is 1.08 bits per heavy atom. The van der Waals surface area contributed by atoms with Crippen molar-refractivity contribution in [1.82, 2.24) is 0 Å². The largest absolute Gasteiger partial charge is 0.0887 e. The zero-order chi connectivity index (χ0) is 41.9. The van der Waals surface area contributed by atoms with Gasteiger partial charge >= 0.3 is 0 Å². The van der Waals surface area contributed by atoms with E-state index in [1.165, 1.54) is 0 Å². The Hall–Kier alpha value is -5.89. The standard InChI is InChI=1S/C48H30S/c1-3-11-31(12-4-1)37-26-28-42-45(30-37)49-44-20-10-19-40-43-29-36(25-27-41(43)46(48(42)47(40)44)35-14-5-2-6-15-35)32-21-23-34(24-22-32)39-18-9-16-33-13-7-8-17-38(33)39/h1-30H/i7D,8D,9D,13D,16D,17D,18D,21D,22D,23D,24D. The molecule has 228 valence electrons. The molecule has 1 aliphatic heterocycles. The van der Waals surface area contributed by atoms with Crippen LogP contribution in [-0.4, -0.2) is 0 Å². The molecular formula is C48H30S. The molecule has 1 heteroatoms. The Bertz CT molecular complexity index is 3310. The maximum atomic E-state index is 9.33. The Morgan fingerprint density at radius 3 is 1.92 bits per heavy atom. The molecule has 0 fully saturated rings. The van der Waals surface area contributed by atoms with Gasteiger partial charge in [0.2, 0.25) is 0 Å². The van der Waals surface area contributed by atoms with Gasteiger partial charge in [-0.1, -0.05) is 175 Å². The number of rotatable bonds is 4. The summed E-state index contributed by atoms with van der Waals surface area (Å²) >= 11 is 1.71. The molecule has 0 unspecified atom stereocenters. The van der Waals surface area contributed by atoms with Crippen LogP contribution >= 0.6 is 11.8 Å². The van der Waals surface area contributed by atoms with Crippen LogP contribution in [0.25, 0.3) is 88.0 Å². The molecule has 10 rings (SSSR count). The highest BCUT2D eigenvalue weighted by molar-refractivity contribution is 7.99. The van der Waals surface area contributed by atoms with Gasteiger partial charge in [0.1, 0.15) is 0 Å². The highest BCUT2D eigenvalue weighted by Gasteiger charge is 2.26. The van der Waals surface area contributed by atoms with Crippen LogP contribution in [0.4, 0.5) is 0 Å². The fourth-order valence-corrected chi connectivity index (χ4v) is 8.16. The Morgan fingerprint density at radius 1 is 0.367 bits per heavy atom. The van der Waals surface area contributed by atoms with E-state index in [0.717, 1.165) is 64.7 Å². The smallest absolute Gasteiger partial charge is 0.0629 e. The van der Waals surface area contributed by atoms with Gasteiger partial charge in [-0.2, -0.15) is 0 Å². The van der Waals surface area contributed by atoms with Gasteiger partial charge in [-0.15, -0.1) is 0 Å². The molecule has 0 nitrogen and oxygen atoms in total. The second kappa shape index (κ2) is 11.4. The van der Waals surface area contributed by atoms with Gasteiger partial charge in [-0.3, -0.25) is 0 Å². The van der Waals surface area contributed by atoms with E-state index in [-0.39, 0.29) is 27.5 Å². The number of fused-ring (bicyclic) bond motifs is 5. The highest BCUT2D eigenvalue weighted by Crippen LogP contribution is 2.55. The number of hydrogen-bond donors (Lipinski definition) is 0. The van der Waals surface area contributed by atoms with Gasteiger partial charge in [0, 0.05) is 20.7 Å². The van der Waals surface area contributed by atoms with Crippen molar-refractivity contribution >= 4 is 44.1 Å². The summed E-state index contributed by atoms with van der Waals surface area (Å²) in [7, 11) is 0. The second-order valence-corrected chi connectivity index (χ2v) is 13.1. The molecule has 0 saturated heterocycles. The van der Waals surface area contributed by atoms with E-state index >= 15 is 0 Å². The summed E-state index contributed by atoms with van der Waals surface area (Å²) in [4.78, 5) is 2.23. The minimum absolute atomic E-state index is 0.0199. The Kier molecular flexibility index (Phi) is 4.45. The SMILES string of the molecule is [2H]c1c([2H])c(-c2c([2H])c([2H])c([2H])c3c([2H])c([2H])c([2H])c([2H])c23)c([2H])c([2H])c1-c1ccc2c(-c3ccccc3)c3c4c(cccc4c2c1)Sc1cc(-c2ccccc2)ccc1-3. The molecule has 0 radical (unpaired) electrons. The van der Waals surface area contributed by atoms with Gasteiger partial charge in [-0.05, 0) is 95.2 Å². The maximum absolute atomic E-state index is 9.33. The summed E-state index contributed by atoms with van der Waals surface area (Å²) in [6.07, 6.45) is 0. The first-order chi connectivity index (χ1) is 28.9. The molecule has 49 heavy (non-hydrogen) atoms. The van der Waals surface area contributed by atoms with Crippen LogP contribution in [0.15, 0.2) is 192 Å². The van der Waals surface area contributed by atoms with Crippen molar-refractivity contribution in [1.29, 1.82) is 0 Å². The summed E-state index contributed by atoms with van der Waals surface area (Å²) in [5, 5.41) is 3.23. The normalized spacial score (nSPS) is 15.1. The molecule has 0 bridgehead atoms. The van der Waals surface area contributed by atoms with Crippen LogP contribution in [0.1, 0.15) is 15.1 Å². The number of hydrogen-bond acceptors (Lipinski definition) is 1. The molecule has 1 aliphatic rings. The first-order valence-corrected chi connectivity index (χ1v) is 16.8. The van der Waals surface area contributed by atoms with E-state index in [1.54, 1.807) is 17.8 Å². The quantitative estimate of drug-likeness (QED) is 0.171. The first-order valence-electron chi connectivity index (χ1n) is 21.4. The zero-order valence-corrected chi connectivity index (χ0v) is 26.7. The number of benzene rings is 9. The lowest BCUT2D eigenvalue weighted by molar-refractivity contribution is 1.40. The van der Waals surface area contributed by atoms with Crippen LogP contribution in [-0.2, 0) is 0 Å². The summed E-state index contributed by atoms with van der Waals surface area (Å²) in [5.41, 5.74) is 6.27. The predicted octanol–water partition coefficient (Wildman–Crippen LogP) is 13.9. The highest BCUT2D eigenvalue weighted by atomic mass is 32.2. The fourth-order valence-electron chi connectivity index (χ4n) is 7.00. The Labute approximate surface area is 305 Å². The molecule has 0 atom stereocenters. The average molecular weight is 650 g/mol. The van der Waals surface area contributed by atoms with E-state index in [1.807, 2.05) is 54.6 Å². The molecular weight excluding hydrogens is 609 g/mol. The topological polar surface area (TPSA) is 0 Å². The van der Waals surface area contributed by atoms with Crippen LogP contribution in [0.2, 0.25) is 0 Å². The second-order valence-electron chi connectivity index (χ2n) is 12.0. The average Bonchev–Trinajstić information content (AvgIpc) is 3.27. The Balaban J connectivity index is 1.24. The predicted molar refractivity (Wildman–Crippen MR) is 210 cm³/mol. The monoisotopic (exact) mass is 649 g/mol. The maximum Gasteiger partial charge on any atom is 0.0629 e. The lowest BCUT2D eigenvalue weighted by atomic mass is 9.83. The van der Waals surface area contributed by atoms with E-state index in [9.17, 15) is 5.48 Å². The van der Waals surface area contributed by atoms with E-state index in [4.69, 9.17) is 9.60 Å². The van der Waals surface area contributed by atoms with Crippen molar-refractivity contribution in [3.05, 3.63) is 182 Å². The van der Waals surface area contributed by atoms with Gasteiger partial charge in [0.15, 0.2) is 0 Å². The molecule has 0 aromatic heterocycles. The molecule has 1 heterocycles. The molecule has 0 N–H and O–H groups in total. The van der Waals surface area contributed by atoms with Crippen molar-refractivity contribution in [2.45, 2.75) is 9.79 Å². The van der Waals surface area contributed by atoms with Gasteiger partial charge in [0.05, 0.1) is 15.1 Å². The van der Waals surface area contributed by atoms with E-state index in [2.05, 4.69) is 54.6 Å². The minimum atomic E-state index is -0.650. The third-order valence-electron chi connectivity index (χ3n) is 9.22. The van der Waals surface area contributed by atoms with Crippen molar-refractivity contribution in [3.63, 3.8) is 0 Å². The molecule has 0 aliphatic carbocycles. The summed E-state index contributed by atoms with van der Waals surface area (Å²) in [6, 6.07) is 32.8. The fraction of sp³-hybridized carbons (Fsp3) is 0. The molecule has 9 aromatic carbocycles. The lowest BCUT2D eigenvalue weighted by Gasteiger charge is -2.26. The summed E-state index contributed by atoms with van der Waals surface area (Å²) < 4.78 is 96.9. The van der Waals surface area contributed by atoms with Crippen molar-refractivity contribution in [2.24, 2.45) is 0 Å². The van der Waals surface area contributed by atoms with Crippen LogP contribution in [0.5, 0.6) is 0 Å². The van der Waals surface area contributed by atoms with Crippen LogP contribution in [0, 0.1) is 0 Å². The minimum Gasteiger partial charge on any atom is -0.0887 e. The van der Waals surface area contributed by atoms with Gasteiger partial charge in [-0.25, -0.2) is 0 Å². The molecule has 0 spiro atoms. The lowest BCUT2D eigenvalue weighted by Crippen LogP contribution is -1.98. The van der Waals surface area contributed by atoms with E-state index in [0.29, 0.717) is 5.56 Å². The molecule has 9 aromatic rings. The van der Waals surface area contributed by atoms with E-state index < -0.39 is 66.5 Å². The first kappa shape index (κ1) is 19.2. The van der Waals surface area contributed by atoms with Gasteiger partial charge in [0.25, 0.3) is 0 Å². The van der Waals surface area contributed by atoms with Crippen molar-refractivity contribution in [2.75, 3.05) is 0 Å². The van der Waals surface area contributed by atoms with Crippen molar-refractivity contribution in [3.8, 4) is 55.6 Å². The third kappa shape index (κ3) is 4.62.